The maximum absolute atomic E-state index is 12.9. The molecule has 0 saturated heterocycles. The predicted molar refractivity (Wildman–Crippen MR) is 136 cm³/mol. The number of urea groups is 1. The Hall–Kier alpha value is -4.63. The second-order valence-electron chi connectivity index (χ2n) is 7.81. The molecule has 9 nitrogen and oxygen atoms in total. The van der Waals surface area contributed by atoms with Gasteiger partial charge in [0, 0.05) is 29.9 Å². The van der Waals surface area contributed by atoms with Gasteiger partial charge in [0.1, 0.15) is 0 Å². The number of nitrogens with zero attached hydrogens (tertiary/aromatic N) is 4. The molecular formula is C25H20ClN7O2. The monoisotopic (exact) mass is 485 g/mol. The number of benzene rings is 3. The molecule has 5 rings (SSSR count). The molecule has 0 fully saturated rings. The molecular weight excluding hydrogens is 466 g/mol. The Labute approximate surface area is 205 Å². The highest BCUT2D eigenvalue weighted by Gasteiger charge is 2.11. The Morgan fingerprint density at radius 3 is 2.60 bits per heavy atom. The molecule has 0 spiro atoms. The standard InChI is InChI=1S/C25H20ClN7O2/c1-32-14-17-11-18(9-10-22(17)31-32)28-24(34)16-5-4-6-20(12-16)33-15-19(13-27-33)29-25(35)30-23-8-3-2-7-21(23)26/h2-15H,1H3,(H,28,34)(H2,29,30,35). The van der Waals surface area contributed by atoms with Crippen molar-refractivity contribution in [3.05, 3.63) is 95.9 Å². The van der Waals surface area contributed by atoms with Gasteiger partial charge in [-0.15, -0.1) is 0 Å². The lowest BCUT2D eigenvalue weighted by Crippen LogP contribution is -2.19. The molecule has 3 amide bonds. The first kappa shape index (κ1) is 22.2. The number of aromatic nitrogens is 4. The summed E-state index contributed by atoms with van der Waals surface area (Å²) in [5.41, 5.74) is 3.65. The minimum Gasteiger partial charge on any atom is -0.322 e. The molecule has 2 heterocycles. The van der Waals surface area contributed by atoms with E-state index in [0.717, 1.165) is 10.9 Å². The molecule has 0 aliphatic heterocycles. The van der Waals surface area contributed by atoms with E-state index in [4.69, 9.17) is 11.6 Å². The van der Waals surface area contributed by atoms with Gasteiger partial charge in [-0.1, -0.05) is 29.8 Å². The highest BCUT2D eigenvalue weighted by molar-refractivity contribution is 6.33. The molecule has 3 N–H and O–H groups in total. The number of aryl methyl sites for hydroxylation is 1. The zero-order valence-electron chi connectivity index (χ0n) is 18.6. The average molecular weight is 486 g/mol. The van der Waals surface area contributed by atoms with Crippen molar-refractivity contribution in [2.45, 2.75) is 0 Å². The summed E-state index contributed by atoms with van der Waals surface area (Å²) < 4.78 is 3.30. The predicted octanol–water partition coefficient (Wildman–Crippen LogP) is 5.31. The van der Waals surface area contributed by atoms with Crippen molar-refractivity contribution < 1.29 is 9.59 Å². The molecule has 10 heteroatoms. The summed E-state index contributed by atoms with van der Waals surface area (Å²) in [5, 5.41) is 18.3. The minimum atomic E-state index is -0.448. The Morgan fingerprint density at radius 1 is 0.886 bits per heavy atom. The van der Waals surface area contributed by atoms with Gasteiger partial charge in [-0.25, -0.2) is 9.48 Å². The van der Waals surface area contributed by atoms with Crippen LogP contribution < -0.4 is 16.0 Å². The lowest BCUT2D eigenvalue weighted by molar-refractivity contribution is 0.102. The molecule has 0 bridgehead atoms. The zero-order chi connectivity index (χ0) is 24.4. The molecule has 0 unspecified atom stereocenters. The van der Waals surface area contributed by atoms with Gasteiger partial charge in [-0.3, -0.25) is 9.48 Å². The topological polar surface area (TPSA) is 106 Å². The van der Waals surface area contributed by atoms with Crippen molar-refractivity contribution in [3.8, 4) is 5.69 Å². The summed E-state index contributed by atoms with van der Waals surface area (Å²) in [6.45, 7) is 0. The van der Waals surface area contributed by atoms with Crippen LogP contribution in [-0.4, -0.2) is 31.5 Å². The molecule has 0 aliphatic rings. The van der Waals surface area contributed by atoms with Crippen LogP contribution in [0.5, 0.6) is 0 Å². The van der Waals surface area contributed by atoms with E-state index in [-0.39, 0.29) is 5.91 Å². The number of nitrogens with one attached hydrogen (secondary N) is 3. The van der Waals surface area contributed by atoms with Gasteiger partial charge >= 0.3 is 6.03 Å². The summed E-state index contributed by atoms with van der Waals surface area (Å²) >= 11 is 6.08. The molecule has 174 valence electrons. The first-order chi connectivity index (χ1) is 16.9. The van der Waals surface area contributed by atoms with E-state index < -0.39 is 6.03 Å². The number of para-hydroxylation sites is 1. The van der Waals surface area contributed by atoms with Crippen LogP contribution >= 0.6 is 11.6 Å². The van der Waals surface area contributed by atoms with Gasteiger partial charge in [-0.05, 0) is 48.5 Å². The van der Waals surface area contributed by atoms with E-state index in [1.807, 2.05) is 37.5 Å². The van der Waals surface area contributed by atoms with Gasteiger partial charge in [-0.2, -0.15) is 10.2 Å². The number of carbonyl (C=O) groups is 2. The number of fused-ring (bicyclic) bond motifs is 1. The third-order valence-corrected chi connectivity index (χ3v) is 5.54. The molecule has 0 atom stereocenters. The minimum absolute atomic E-state index is 0.250. The maximum atomic E-state index is 12.9. The Balaban J connectivity index is 1.27. The van der Waals surface area contributed by atoms with E-state index in [9.17, 15) is 9.59 Å². The third kappa shape index (κ3) is 4.99. The van der Waals surface area contributed by atoms with Crippen LogP contribution in [0.3, 0.4) is 0 Å². The van der Waals surface area contributed by atoms with Crippen molar-refractivity contribution >= 4 is 51.5 Å². The van der Waals surface area contributed by atoms with E-state index in [0.29, 0.717) is 33.3 Å². The van der Waals surface area contributed by atoms with Crippen molar-refractivity contribution in [1.29, 1.82) is 0 Å². The van der Waals surface area contributed by atoms with Gasteiger partial charge in [0.2, 0.25) is 0 Å². The molecule has 0 aliphatic carbocycles. The van der Waals surface area contributed by atoms with Gasteiger partial charge in [0.15, 0.2) is 0 Å². The van der Waals surface area contributed by atoms with Crippen LogP contribution in [0.1, 0.15) is 10.4 Å². The molecule has 5 aromatic rings. The highest BCUT2D eigenvalue weighted by Crippen LogP contribution is 2.22. The van der Waals surface area contributed by atoms with E-state index in [1.165, 1.54) is 6.20 Å². The van der Waals surface area contributed by atoms with Crippen molar-refractivity contribution in [2.24, 2.45) is 7.05 Å². The first-order valence-electron chi connectivity index (χ1n) is 10.7. The Bertz CT molecular complexity index is 1560. The fraction of sp³-hybridized carbons (Fsp3) is 0.0400. The van der Waals surface area contributed by atoms with Crippen LogP contribution in [0.2, 0.25) is 5.02 Å². The van der Waals surface area contributed by atoms with Crippen molar-refractivity contribution in [2.75, 3.05) is 16.0 Å². The van der Waals surface area contributed by atoms with E-state index in [2.05, 4.69) is 26.1 Å². The van der Waals surface area contributed by atoms with Crippen LogP contribution in [0.4, 0.5) is 21.9 Å². The van der Waals surface area contributed by atoms with Crippen LogP contribution in [0.15, 0.2) is 85.3 Å². The van der Waals surface area contributed by atoms with Crippen LogP contribution in [-0.2, 0) is 7.05 Å². The average Bonchev–Trinajstić information content (AvgIpc) is 3.46. The SMILES string of the molecule is Cn1cc2cc(NC(=O)c3cccc(-n4cc(NC(=O)Nc5ccccc5Cl)cn4)c3)ccc2n1. The fourth-order valence-electron chi connectivity index (χ4n) is 3.60. The number of rotatable bonds is 5. The van der Waals surface area contributed by atoms with Crippen molar-refractivity contribution in [3.63, 3.8) is 0 Å². The van der Waals surface area contributed by atoms with E-state index >= 15 is 0 Å². The van der Waals surface area contributed by atoms with E-state index in [1.54, 1.807) is 58.0 Å². The first-order valence-corrected chi connectivity index (χ1v) is 11.0. The van der Waals surface area contributed by atoms with Gasteiger partial charge in [0.25, 0.3) is 5.91 Å². The summed E-state index contributed by atoms with van der Waals surface area (Å²) in [7, 11) is 1.85. The second-order valence-corrected chi connectivity index (χ2v) is 8.22. The lowest BCUT2D eigenvalue weighted by atomic mass is 10.1. The Kier molecular flexibility index (Phi) is 5.90. The lowest BCUT2D eigenvalue weighted by Gasteiger charge is -2.08. The number of hydrogen-bond acceptors (Lipinski definition) is 4. The normalized spacial score (nSPS) is 10.8. The molecule has 2 aromatic heterocycles. The zero-order valence-corrected chi connectivity index (χ0v) is 19.3. The maximum Gasteiger partial charge on any atom is 0.323 e. The smallest absolute Gasteiger partial charge is 0.322 e. The number of halogens is 1. The molecule has 3 aromatic carbocycles. The van der Waals surface area contributed by atoms with Gasteiger partial charge < -0.3 is 16.0 Å². The van der Waals surface area contributed by atoms with Crippen LogP contribution in [0.25, 0.3) is 16.6 Å². The molecule has 0 radical (unpaired) electrons. The quantitative estimate of drug-likeness (QED) is 0.313. The van der Waals surface area contributed by atoms with Crippen molar-refractivity contribution in [1.82, 2.24) is 19.6 Å². The summed E-state index contributed by atoms with van der Waals surface area (Å²) in [5.74, 6) is -0.250. The number of amides is 3. The fourth-order valence-corrected chi connectivity index (χ4v) is 3.78. The molecule has 35 heavy (non-hydrogen) atoms. The third-order valence-electron chi connectivity index (χ3n) is 5.21. The largest absolute Gasteiger partial charge is 0.323 e. The summed E-state index contributed by atoms with van der Waals surface area (Å²) in [4.78, 5) is 25.2. The molecule has 0 saturated carbocycles. The number of hydrogen-bond donors (Lipinski definition) is 3. The number of carbonyl (C=O) groups excluding carboxylic acids is 2. The summed E-state index contributed by atoms with van der Waals surface area (Å²) in [6.07, 6.45) is 5.06. The second kappa shape index (κ2) is 9.32. The van der Waals surface area contributed by atoms with Crippen LogP contribution in [0, 0.1) is 0 Å². The number of anilines is 3. The van der Waals surface area contributed by atoms with Gasteiger partial charge in [0.05, 0.1) is 40.0 Å². The Morgan fingerprint density at radius 2 is 1.74 bits per heavy atom. The summed E-state index contributed by atoms with van der Waals surface area (Å²) in [6, 6.07) is 19.1. The highest BCUT2D eigenvalue weighted by atomic mass is 35.5.